The zero-order valence-electron chi connectivity index (χ0n) is 18.1. The van der Waals surface area contributed by atoms with Gasteiger partial charge in [0.1, 0.15) is 5.75 Å². The van der Waals surface area contributed by atoms with Crippen molar-refractivity contribution in [1.82, 2.24) is 4.90 Å². The van der Waals surface area contributed by atoms with Gasteiger partial charge in [0, 0.05) is 17.6 Å². The van der Waals surface area contributed by atoms with Crippen LogP contribution in [0.2, 0.25) is 5.02 Å². The fourth-order valence-electron chi connectivity index (χ4n) is 3.20. The van der Waals surface area contributed by atoms with Gasteiger partial charge in [0.2, 0.25) is 5.91 Å². The van der Waals surface area contributed by atoms with Crippen molar-refractivity contribution >= 4 is 38.9 Å². The Hall–Kier alpha value is -3.36. The summed E-state index contributed by atoms with van der Waals surface area (Å²) in [6, 6.07) is 19.3. The van der Waals surface area contributed by atoms with Crippen LogP contribution >= 0.6 is 11.6 Å². The Kier molecular flexibility index (Phi) is 7.73. The van der Waals surface area contributed by atoms with E-state index >= 15 is 0 Å². The van der Waals surface area contributed by atoms with Gasteiger partial charge in [-0.3, -0.25) is 9.59 Å². The Morgan fingerprint density at radius 1 is 1.00 bits per heavy atom. The second-order valence-corrected chi connectivity index (χ2v) is 9.75. The maximum absolute atomic E-state index is 12.8. The van der Waals surface area contributed by atoms with Gasteiger partial charge in [-0.2, -0.15) is 0 Å². The molecule has 0 fully saturated rings. The molecule has 0 heterocycles. The van der Waals surface area contributed by atoms with Crippen LogP contribution in [0.3, 0.4) is 0 Å². The lowest BCUT2D eigenvalue weighted by Gasteiger charge is -2.18. The summed E-state index contributed by atoms with van der Waals surface area (Å²) in [6.45, 7) is -0.221. The molecule has 3 rings (SSSR count). The predicted molar refractivity (Wildman–Crippen MR) is 127 cm³/mol. The normalized spacial score (nSPS) is 11.0. The van der Waals surface area contributed by atoms with Crippen molar-refractivity contribution in [1.29, 1.82) is 0 Å². The van der Waals surface area contributed by atoms with Crippen LogP contribution in [-0.4, -0.2) is 45.8 Å². The summed E-state index contributed by atoms with van der Waals surface area (Å²) >= 11 is 5.98. The van der Waals surface area contributed by atoms with Crippen molar-refractivity contribution in [2.24, 2.45) is 0 Å². The lowest BCUT2D eigenvalue weighted by atomic mass is 10.1. The fourth-order valence-corrected chi connectivity index (χ4v) is 4.73. The minimum Gasteiger partial charge on any atom is -0.495 e. The molecule has 172 valence electrons. The van der Waals surface area contributed by atoms with Gasteiger partial charge >= 0.3 is 0 Å². The first-order valence-corrected chi connectivity index (χ1v) is 12.0. The van der Waals surface area contributed by atoms with E-state index in [-0.39, 0.29) is 22.8 Å². The van der Waals surface area contributed by atoms with Gasteiger partial charge in [0.25, 0.3) is 5.91 Å². The topological polar surface area (TPSA) is 92.8 Å². The molecule has 0 aromatic heterocycles. The summed E-state index contributed by atoms with van der Waals surface area (Å²) in [5.74, 6) is -0.651. The Morgan fingerprint density at radius 2 is 1.73 bits per heavy atom. The average Bonchev–Trinajstić information content (AvgIpc) is 2.79. The number of hydrogen-bond donors (Lipinski definition) is 1. The number of halogens is 1. The zero-order valence-corrected chi connectivity index (χ0v) is 19.7. The van der Waals surface area contributed by atoms with Crippen molar-refractivity contribution in [3.63, 3.8) is 0 Å². The number of carbonyl (C=O) groups is 2. The van der Waals surface area contributed by atoms with Gasteiger partial charge < -0.3 is 15.0 Å². The summed E-state index contributed by atoms with van der Waals surface area (Å²) in [5, 5.41) is 3.11. The number of methoxy groups -OCH3 is 1. The third-order valence-electron chi connectivity index (χ3n) is 4.80. The Bertz CT molecular complexity index is 1260. The SMILES string of the molecule is COc1ccc(Cl)cc1NC(=O)CN(C)C(=O)c1cccc(CS(=O)(=O)c2ccccc2)c1. The van der Waals surface area contributed by atoms with Gasteiger partial charge in [-0.05, 0) is 48.0 Å². The molecule has 3 aromatic carbocycles. The number of amides is 2. The minimum absolute atomic E-state index is 0.215. The first-order chi connectivity index (χ1) is 15.7. The van der Waals surface area contributed by atoms with Crippen LogP contribution in [0.4, 0.5) is 5.69 Å². The number of carbonyl (C=O) groups excluding carboxylic acids is 2. The van der Waals surface area contributed by atoms with Gasteiger partial charge in [-0.25, -0.2) is 8.42 Å². The molecule has 7 nitrogen and oxygen atoms in total. The summed E-state index contributed by atoms with van der Waals surface area (Å²) in [6.07, 6.45) is 0. The van der Waals surface area contributed by atoms with Crippen LogP contribution in [0.25, 0.3) is 0 Å². The standard InChI is InChI=1S/C24H23ClN2O5S/c1-27(15-23(28)26-21-14-19(25)11-12-22(21)32-2)24(29)18-8-6-7-17(13-18)16-33(30,31)20-9-4-3-5-10-20/h3-14H,15-16H2,1-2H3,(H,26,28). The third kappa shape index (κ3) is 6.34. The maximum Gasteiger partial charge on any atom is 0.254 e. The number of anilines is 1. The van der Waals surface area contributed by atoms with Gasteiger partial charge in [-0.1, -0.05) is 41.9 Å². The summed E-state index contributed by atoms with van der Waals surface area (Å²) in [7, 11) is -0.589. The van der Waals surface area contributed by atoms with Crippen molar-refractivity contribution in [2.75, 3.05) is 26.0 Å². The average molecular weight is 487 g/mol. The van der Waals surface area contributed by atoms with Crippen molar-refractivity contribution in [2.45, 2.75) is 10.6 Å². The zero-order chi connectivity index (χ0) is 24.0. The molecule has 0 spiro atoms. The van der Waals surface area contributed by atoms with Crippen LogP contribution in [0.5, 0.6) is 5.75 Å². The molecule has 1 N–H and O–H groups in total. The van der Waals surface area contributed by atoms with E-state index in [1.807, 2.05) is 0 Å². The maximum atomic E-state index is 12.8. The second kappa shape index (κ2) is 10.5. The number of nitrogens with one attached hydrogen (secondary N) is 1. The van der Waals surface area contributed by atoms with Crippen molar-refractivity contribution in [3.05, 3.63) is 88.9 Å². The van der Waals surface area contributed by atoms with E-state index in [0.29, 0.717) is 22.0 Å². The lowest BCUT2D eigenvalue weighted by Crippen LogP contribution is -2.35. The quantitative estimate of drug-likeness (QED) is 0.519. The first kappa shape index (κ1) is 24.3. The molecule has 0 aliphatic rings. The van der Waals surface area contributed by atoms with E-state index in [1.165, 1.54) is 37.3 Å². The van der Waals surface area contributed by atoms with Gasteiger partial charge in [0.05, 0.1) is 30.0 Å². The van der Waals surface area contributed by atoms with E-state index in [0.717, 1.165) is 0 Å². The van der Waals surface area contributed by atoms with Crippen LogP contribution < -0.4 is 10.1 Å². The number of benzene rings is 3. The van der Waals surface area contributed by atoms with Gasteiger partial charge in [-0.15, -0.1) is 0 Å². The fraction of sp³-hybridized carbons (Fsp3) is 0.167. The largest absolute Gasteiger partial charge is 0.495 e. The second-order valence-electron chi connectivity index (χ2n) is 7.33. The molecule has 0 radical (unpaired) electrons. The summed E-state index contributed by atoms with van der Waals surface area (Å²) in [4.78, 5) is 26.8. The Morgan fingerprint density at radius 3 is 2.42 bits per heavy atom. The number of nitrogens with zero attached hydrogens (tertiary/aromatic N) is 1. The number of likely N-dealkylation sites (N-methyl/N-ethyl adjacent to an activating group) is 1. The van der Waals surface area contributed by atoms with Crippen molar-refractivity contribution in [3.8, 4) is 5.75 Å². The van der Waals surface area contributed by atoms with Crippen LogP contribution in [0.1, 0.15) is 15.9 Å². The number of sulfone groups is 1. The van der Waals surface area contributed by atoms with Crippen LogP contribution in [0.15, 0.2) is 77.7 Å². The molecule has 0 unspecified atom stereocenters. The lowest BCUT2D eigenvalue weighted by molar-refractivity contribution is -0.116. The van der Waals surface area contributed by atoms with E-state index < -0.39 is 21.7 Å². The molecule has 0 saturated heterocycles. The van der Waals surface area contributed by atoms with E-state index in [4.69, 9.17) is 16.3 Å². The molecule has 3 aromatic rings. The molecule has 0 saturated carbocycles. The smallest absolute Gasteiger partial charge is 0.254 e. The molecule has 9 heteroatoms. The Balaban J connectivity index is 1.68. The summed E-state index contributed by atoms with van der Waals surface area (Å²) in [5.41, 5.74) is 1.15. The highest BCUT2D eigenvalue weighted by Gasteiger charge is 2.19. The molecule has 0 bridgehead atoms. The molecule has 0 atom stereocenters. The third-order valence-corrected chi connectivity index (χ3v) is 6.73. The number of rotatable bonds is 8. The Labute approximate surface area is 197 Å². The van der Waals surface area contributed by atoms with Crippen molar-refractivity contribution < 1.29 is 22.7 Å². The minimum atomic E-state index is -3.55. The molecule has 0 aliphatic heterocycles. The summed E-state index contributed by atoms with van der Waals surface area (Å²) < 4.78 is 30.5. The molecule has 2 amide bonds. The van der Waals surface area contributed by atoms with Crippen LogP contribution in [-0.2, 0) is 20.4 Å². The highest BCUT2D eigenvalue weighted by Crippen LogP contribution is 2.27. The molecule has 33 heavy (non-hydrogen) atoms. The molecular formula is C24H23ClN2O5S. The van der Waals surface area contributed by atoms with E-state index in [9.17, 15) is 18.0 Å². The van der Waals surface area contributed by atoms with E-state index in [2.05, 4.69) is 5.32 Å². The predicted octanol–water partition coefficient (Wildman–Crippen LogP) is 4.03. The molecule has 0 aliphatic carbocycles. The number of ether oxygens (including phenoxy) is 1. The monoisotopic (exact) mass is 486 g/mol. The first-order valence-electron chi connectivity index (χ1n) is 9.95. The highest BCUT2D eigenvalue weighted by atomic mass is 35.5. The number of hydrogen-bond acceptors (Lipinski definition) is 5. The van der Waals surface area contributed by atoms with E-state index in [1.54, 1.807) is 54.6 Å². The van der Waals surface area contributed by atoms with Crippen LogP contribution in [0, 0.1) is 0 Å². The molecular weight excluding hydrogens is 464 g/mol. The van der Waals surface area contributed by atoms with Gasteiger partial charge in [0.15, 0.2) is 9.84 Å². The highest BCUT2D eigenvalue weighted by molar-refractivity contribution is 7.90.